The summed E-state index contributed by atoms with van der Waals surface area (Å²) in [6.45, 7) is 3.32. The van der Waals surface area contributed by atoms with Crippen molar-refractivity contribution in [2.45, 2.75) is 81.3 Å². The van der Waals surface area contributed by atoms with Gasteiger partial charge in [-0.3, -0.25) is 19.2 Å². The predicted molar refractivity (Wildman–Crippen MR) is 138 cm³/mol. The third-order valence-corrected chi connectivity index (χ3v) is 8.73. The van der Waals surface area contributed by atoms with Crippen LogP contribution in [0.3, 0.4) is 0 Å². The van der Waals surface area contributed by atoms with Gasteiger partial charge in [-0.2, -0.15) is 0 Å². The Balaban J connectivity index is 1.29. The first-order valence-corrected chi connectivity index (χ1v) is 13.4. The molecule has 12 nitrogen and oxygen atoms in total. The topological polar surface area (TPSA) is 161 Å². The largest absolute Gasteiger partial charge is 0.493 e. The summed E-state index contributed by atoms with van der Waals surface area (Å²) >= 11 is 0. The van der Waals surface area contributed by atoms with Crippen LogP contribution in [0.5, 0.6) is 11.5 Å². The fraction of sp³-hybridized carbons (Fsp3) is 0.571. The predicted octanol–water partition coefficient (Wildman–Crippen LogP) is 0.817. The molecule has 1 saturated heterocycles. The number of nitrogens with zero attached hydrogens (tertiary/aromatic N) is 1. The number of likely N-dealkylation sites (tertiary alicyclic amines) is 1. The fourth-order valence-electron chi connectivity index (χ4n) is 6.68. The SMILES string of the molecule is COc1ccc2c3c1O[C@H]1C(OC(=O)CCC(=O)O[C@@H](C)C(=O)N[C@@H](C)C(=O)O)=CC[C@@]4(O)[C@@H](C2)N(C)CC[C@]314. The van der Waals surface area contributed by atoms with E-state index in [1.165, 1.54) is 13.8 Å². The van der Waals surface area contributed by atoms with Gasteiger partial charge in [-0.1, -0.05) is 6.07 Å². The number of ether oxygens (including phenoxy) is 4. The Bertz CT molecular complexity index is 1290. The standard InChI is InChI=1S/C28H34N2O10/c1-14(26(34)35)29-25(33)15(2)38-20(31)7-8-21(32)39-18-9-10-28(36)19-13-16-5-6-17(37-4)23-22(16)27(28,24(18)40-23)11-12-30(19)3/h5-6,9,14-15,19,24,36H,7-8,10-13H2,1-4H3,(H,29,33)(H,34,35)/t14-,15-,19+,24-,27-,28+/m0/s1. The summed E-state index contributed by atoms with van der Waals surface area (Å²) in [6, 6.07) is 2.58. The van der Waals surface area contributed by atoms with Crippen LogP contribution in [-0.4, -0.2) is 89.5 Å². The van der Waals surface area contributed by atoms with Gasteiger partial charge in [-0.25, -0.2) is 0 Å². The van der Waals surface area contributed by atoms with Gasteiger partial charge in [-0.05, 0) is 58.0 Å². The summed E-state index contributed by atoms with van der Waals surface area (Å²) in [4.78, 5) is 50.2. The molecule has 3 N–H and O–H groups in total. The first kappa shape index (κ1) is 27.9. The van der Waals surface area contributed by atoms with Crippen LogP contribution in [0, 0.1) is 0 Å². The van der Waals surface area contributed by atoms with Crippen LogP contribution in [0.2, 0.25) is 0 Å². The average molecular weight is 559 g/mol. The quantitative estimate of drug-likeness (QED) is 0.368. The number of carbonyl (C=O) groups is 4. The van der Waals surface area contributed by atoms with E-state index in [-0.39, 0.29) is 31.1 Å². The zero-order chi connectivity index (χ0) is 29.0. The highest BCUT2D eigenvalue weighted by molar-refractivity contribution is 5.88. The van der Waals surface area contributed by atoms with E-state index >= 15 is 0 Å². The summed E-state index contributed by atoms with van der Waals surface area (Å²) in [5.41, 5.74) is 0.0362. The molecular weight excluding hydrogens is 524 g/mol. The maximum atomic E-state index is 12.8. The zero-order valence-corrected chi connectivity index (χ0v) is 22.9. The minimum absolute atomic E-state index is 0.139. The van der Waals surface area contributed by atoms with Gasteiger partial charge in [0.2, 0.25) is 0 Å². The highest BCUT2D eigenvalue weighted by Gasteiger charge is 2.72. The van der Waals surface area contributed by atoms with E-state index in [0.29, 0.717) is 24.3 Å². The van der Waals surface area contributed by atoms with Gasteiger partial charge in [0.15, 0.2) is 23.7 Å². The maximum absolute atomic E-state index is 12.8. The van der Waals surface area contributed by atoms with E-state index < -0.39 is 53.1 Å². The van der Waals surface area contributed by atoms with Gasteiger partial charge in [0.25, 0.3) is 5.91 Å². The molecule has 0 unspecified atom stereocenters. The van der Waals surface area contributed by atoms with Crippen molar-refractivity contribution in [1.82, 2.24) is 10.2 Å². The number of methoxy groups -OCH3 is 1. The lowest BCUT2D eigenvalue weighted by Gasteiger charge is -2.61. The summed E-state index contributed by atoms with van der Waals surface area (Å²) in [5.74, 6) is -2.09. The molecule has 2 heterocycles. The van der Waals surface area contributed by atoms with Crippen LogP contribution in [0.25, 0.3) is 0 Å². The van der Waals surface area contributed by atoms with Crippen LogP contribution >= 0.6 is 0 Å². The second kappa shape index (κ2) is 10.1. The molecule has 6 atom stereocenters. The molecule has 4 aliphatic rings. The maximum Gasteiger partial charge on any atom is 0.325 e. The Morgan fingerprint density at radius 2 is 1.93 bits per heavy atom. The van der Waals surface area contributed by atoms with E-state index in [0.717, 1.165) is 17.7 Å². The molecule has 40 heavy (non-hydrogen) atoms. The van der Waals surface area contributed by atoms with Gasteiger partial charge in [0, 0.05) is 18.0 Å². The lowest BCUT2D eigenvalue weighted by Crippen LogP contribution is -2.74. The number of amides is 1. The zero-order valence-electron chi connectivity index (χ0n) is 22.9. The molecule has 1 amide bonds. The molecule has 0 radical (unpaired) electrons. The summed E-state index contributed by atoms with van der Waals surface area (Å²) in [5, 5.41) is 23.3. The number of aliphatic hydroxyl groups is 1. The summed E-state index contributed by atoms with van der Waals surface area (Å²) < 4.78 is 22.8. The number of hydrogen-bond acceptors (Lipinski definition) is 10. The van der Waals surface area contributed by atoms with Crippen LogP contribution in [0.15, 0.2) is 24.0 Å². The van der Waals surface area contributed by atoms with Crippen molar-refractivity contribution in [3.63, 3.8) is 0 Å². The molecule has 2 aliphatic heterocycles. The van der Waals surface area contributed by atoms with Crippen molar-refractivity contribution in [1.29, 1.82) is 0 Å². The third-order valence-electron chi connectivity index (χ3n) is 8.73. The normalized spacial score (nSPS) is 29.2. The van der Waals surface area contributed by atoms with Gasteiger partial charge >= 0.3 is 17.9 Å². The van der Waals surface area contributed by atoms with E-state index in [9.17, 15) is 24.3 Å². The minimum atomic E-state index is -1.23. The van der Waals surface area contributed by atoms with Crippen LogP contribution in [-0.2, 0) is 40.5 Å². The molecule has 0 aromatic heterocycles. The number of carboxylic acid groups (broad SMARTS) is 1. The second-order valence-electron chi connectivity index (χ2n) is 11.0. The highest BCUT2D eigenvalue weighted by Crippen LogP contribution is 2.65. The Morgan fingerprint density at radius 3 is 2.62 bits per heavy atom. The van der Waals surface area contributed by atoms with Gasteiger partial charge < -0.3 is 39.4 Å². The summed E-state index contributed by atoms with van der Waals surface area (Å²) in [6.07, 6.45) is 0.583. The van der Waals surface area contributed by atoms with Gasteiger partial charge in [-0.15, -0.1) is 0 Å². The van der Waals surface area contributed by atoms with Crippen LogP contribution in [0.1, 0.15) is 50.7 Å². The van der Waals surface area contributed by atoms with Gasteiger partial charge in [0.05, 0.1) is 31.0 Å². The number of nitrogens with one attached hydrogen (secondary N) is 1. The molecule has 12 heteroatoms. The molecule has 1 aromatic carbocycles. The Labute approximate surface area is 231 Å². The number of piperidine rings is 1. The van der Waals surface area contributed by atoms with Crippen molar-refractivity contribution in [2.75, 3.05) is 20.7 Å². The van der Waals surface area contributed by atoms with Crippen molar-refractivity contribution in [2.24, 2.45) is 0 Å². The van der Waals surface area contributed by atoms with Gasteiger partial charge in [0.1, 0.15) is 11.8 Å². The molecule has 2 aliphatic carbocycles. The van der Waals surface area contributed by atoms with E-state index in [4.69, 9.17) is 24.1 Å². The summed E-state index contributed by atoms with van der Waals surface area (Å²) in [7, 11) is 3.56. The first-order valence-electron chi connectivity index (χ1n) is 13.4. The lowest BCUT2D eigenvalue weighted by atomic mass is 9.50. The molecule has 5 rings (SSSR count). The molecule has 2 bridgehead atoms. The van der Waals surface area contributed by atoms with Crippen molar-refractivity contribution < 1.29 is 48.3 Å². The third kappa shape index (κ3) is 4.21. The minimum Gasteiger partial charge on any atom is -0.493 e. The van der Waals surface area contributed by atoms with Crippen molar-refractivity contribution >= 4 is 23.8 Å². The number of benzene rings is 1. The highest BCUT2D eigenvalue weighted by atomic mass is 16.6. The molecule has 1 fully saturated rings. The number of rotatable bonds is 9. The molecular formula is C28H34N2O10. The molecule has 216 valence electrons. The second-order valence-corrected chi connectivity index (χ2v) is 11.0. The number of esters is 2. The molecule has 0 saturated carbocycles. The smallest absolute Gasteiger partial charge is 0.325 e. The Hall–Kier alpha value is -3.64. The van der Waals surface area contributed by atoms with E-state index in [1.54, 1.807) is 13.2 Å². The number of likely N-dealkylation sites (N-methyl/N-ethyl adjacent to an activating group) is 1. The molecule has 1 aromatic rings. The average Bonchev–Trinajstić information content (AvgIpc) is 3.26. The van der Waals surface area contributed by atoms with Crippen molar-refractivity contribution in [3.8, 4) is 11.5 Å². The van der Waals surface area contributed by atoms with E-state index in [1.807, 2.05) is 19.2 Å². The van der Waals surface area contributed by atoms with E-state index in [2.05, 4.69) is 10.2 Å². The number of aliphatic carboxylic acids is 1. The fourth-order valence-corrected chi connectivity index (χ4v) is 6.68. The first-order chi connectivity index (χ1) is 18.9. The number of carboxylic acids is 1. The number of carbonyl (C=O) groups excluding carboxylic acids is 3. The monoisotopic (exact) mass is 558 g/mol. The van der Waals surface area contributed by atoms with Crippen LogP contribution in [0.4, 0.5) is 0 Å². The Kier molecular flexibility index (Phi) is 7.03. The molecule has 1 spiro atoms. The Morgan fingerprint density at radius 1 is 1.20 bits per heavy atom. The van der Waals surface area contributed by atoms with Crippen molar-refractivity contribution in [3.05, 3.63) is 35.1 Å². The van der Waals surface area contributed by atoms with Crippen LogP contribution < -0.4 is 14.8 Å². The number of hydrogen-bond donors (Lipinski definition) is 3. The lowest BCUT2D eigenvalue weighted by molar-refractivity contribution is -0.169.